The fourth-order valence-electron chi connectivity index (χ4n) is 2.38. The topological polar surface area (TPSA) is 49.3 Å². The van der Waals surface area contributed by atoms with E-state index in [0.717, 1.165) is 5.56 Å². The Morgan fingerprint density at radius 2 is 2.10 bits per heavy atom. The maximum Gasteiger partial charge on any atom is 0.228 e. The smallest absolute Gasteiger partial charge is 0.228 e. The Morgan fingerprint density at radius 1 is 1.33 bits per heavy atom. The standard InChI is InChI=1S/C15H10BrClFNO2/c16-10-3-1-2-8(14(10)18)15(21)9-4-7-5-13(20)19-12(7)6-11(9)17/h1-4,6,15,21H,5H2,(H,19,20). The lowest BCUT2D eigenvalue weighted by atomic mass is 9.98. The van der Waals surface area contributed by atoms with Crippen LogP contribution in [0.5, 0.6) is 0 Å². The van der Waals surface area contributed by atoms with Gasteiger partial charge in [0.15, 0.2) is 0 Å². The van der Waals surface area contributed by atoms with Crippen LogP contribution >= 0.6 is 27.5 Å². The van der Waals surface area contributed by atoms with E-state index in [1.165, 1.54) is 6.07 Å². The van der Waals surface area contributed by atoms with Crippen molar-refractivity contribution in [1.29, 1.82) is 0 Å². The van der Waals surface area contributed by atoms with Crippen molar-refractivity contribution in [3.05, 3.63) is 62.3 Å². The van der Waals surface area contributed by atoms with E-state index in [4.69, 9.17) is 11.6 Å². The minimum Gasteiger partial charge on any atom is -0.383 e. The molecule has 2 aromatic rings. The van der Waals surface area contributed by atoms with Crippen molar-refractivity contribution in [2.75, 3.05) is 5.32 Å². The molecule has 0 aliphatic carbocycles. The minimum atomic E-state index is -1.20. The van der Waals surface area contributed by atoms with Gasteiger partial charge in [-0.2, -0.15) is 0 Å². The molecule has 108 valence electrons. The van der Waals surface area contributed by atoms with E-state index >= 15 is 0 Å². The molecule has 1 aliphatic rings. The number of rotatable bonds is 2. The van der Waals surface area contributed by atoms with Crippen LogP contribution in [0.4, 0.5) is 10.1 Å². The molecule has 1 unspecified atom stereocenters. The van der Waals surface area contributed by atoms with Gasteiger partial charge in [-0.25, -0.2) is 4.39 Å². The van der Waals surface area contributed by atoms with Crippen LogP contribution in [-0.4, -0.2) is 11.0 Å². The number of hydrogen-bond acceptors (Lipinski definition) is 2. The molecule has 0 saturated carbocycles. The van der Waals surface area contributed by atoms with Crippen LogP contribution in [0.1, 0.15) is 22.8 Å². The number of carbonyl (C=O) groups is 1. The van der Waals surface area contributed by atoms with Crippen LogP contribution in [0.25, 0.3) is 0 Å². The van der Waals surface area contributed by atoms with E-state index in [1.54, 1.807) is 24.3 Å². The first kappa shape index (κ1) is 14.5. The number of aliphatic hydroxyl groups is 1. The zero-order valence-electron chi connectivity index (χ0n) is 10.7. The molecule has 0 aromatic heterocycles. The number of nitrogens with one attached hydrogen (secondary N) is 1. The fraction of sp³-hybridized carbons (Fsp3) is 0.133. The zero-order valence-corrected chi connectivity index (χ0v) is 13.0. The van der Waals surface area contributed by atoms with Crippen molar-refractivity contribution in [3.63, 3.8) is 0 Å². The first-order chi connectivity index (χ1) is 9.97. The van der Waals surface area contributed by atoms with Gasteiger partial charge in [-0.3, -0.25) is 4.79 Å². The number of aliphatic hydroxyl groups excluding tert-OH is 1. The zero-order chi connectivity index (χ0) is 15.1. The predicted octanol–water partition coefficient (Wildman–Crippen LogP) is 3.82. The largest absolute Gasteiger partial charge is 0.383 e. The van der Waals surface area contributed by atoms with Crippen molar-refractivity contribution in [2.24, 2.45) is 0 Å². The highest BCUT2D eigenvalue weighted by molar-refractivity contribution is 9.10. The summed E-state index contributed by atoms with van der Waals surface area (Å²) in [6, 6.07) is 7.91. The van der Waals surface area contributed by atoms with Gasteiger partial charge in [-0.05, 0) is 39.7 Å². The van der Waals surface area contributed by atoms with E-state index < -0.39 is 11.9 Å². The molecule has 0 spiro atoms. The quantitative estimate of drug-likeness (QED) is 0.844. The molecule has 0 radical (unpaired) electrons. The number of hydrogen-bond donors (Lipinski definition) is 2. The number of amides is 1. The molecule has 3 nitrogen and oxygen atoms in total. The summed E-state index contributed by atoms with van der Waals surface area (Å²) in [5.41, 5.74) is 1.89. The van der Waals surface area contributed by atoms with Crippen LogP contribution < -0.4 is 5.32 Å². The van der Waals surface area contributed by atoms with E-state index in [1.807, 2.05) is 0 Å². The summed E-state index contributed by atoms with van der Waals surface area (Å²) in [4.78, 5) is 11.4. The molecule has 2 N–H and O–H groups in total. The SMILES string of the molecule is O=C1Cc2cc(C(O)c3cccc(Br)c3F)c(Cl)cc2N1. The second kappa shape index (κ2) is 5.40. The molecule has 0 fully saturated rings. The minimum absolute atomic E-state index is 0.124. The Labute approximate surface area is 133 Å². The van der Waals surface area contributed by atoms with Gasteiger partial charge in [0.2, 0.25) is 5.91 Å². The monoisotopic (exact) mass is 369 g/mol. The van der Waals surface area contributed by atoms with Gasteiger partial charge in [0.05, 0.1) is 10.9 Å². The summed E-state index contributed by atoms with van der Waals surface area (Å²) in [5, 5.41) is 13.4. The summed E-state index contributed by atoms with van der Waals surface area (Å²) in [6.45, 7) is 0. The number of anilines is 1. The molecule has 6 heteroatoms. The summed E-state index contributed by atoms with van der Waals surface area (Å²) in [6.07, 6.45) is -0.969. The predicted molar refractivity (Wildman–Crippen MR) is 81.9 cm³/mol. The van der Waals surface area contributed by atoms with Gasteiger partial charge < -0.3 is 10.4 Å². The number of halogens is 3. The molecule has 1 amide bonds. The molecule has 0 bridgehead atoms. The first-order valence-electron chi connectivity index (χ1n) is 6.21. The van der Waals surface area contributed by atoms with Crippen LogP contribution in [0.3, 0.4) is 0 Å². The lowest BCUT2D eigenvalue weighted by molar-refractivity contribution is -0.115. The Hall–Kier alpha value is -1.43. The first-order valence-corrected chi connectivity index (χ1v) is 7.38. The molecule has 3 rings (SSSR count). The second-order valence-corrected chi connectivity index (χ2v) is 6.06. The number of carbonyl (C=O) groups excluding carboxylic acids is 1. The normalized spacial score (nSPS) is 14.8. The lowest BCUT2D eigenvalue weighted by Crippen LogP contribution is -2.04. The Bertz CT molecular complexity index is 751. The lowest BCUT2D eigenvalue weighted by Gasteiger charge is -2.16. The highest BCUT2D eigenvalue weighted by atomic mass is 79.9. The Kier molecular flexibility index (Phi) is 3.73. The molecule has 1 heterocycles. The molecule has 21 heavy (non-hydrogen) atoms. The third kappa shape index (κ3) is 2.57. The highest BCUT2D eigenvalue weighted by Crippen LogP contribution is 2.36. The summed E-state index contributed by atoms with van der Waals surface area (Å²) in [7, 11) is 0. The van der Waals surface area contributed by atoms with E-state index in [9.17, 15) is 14.3 Å². The molecule has 2 aromatic carbocycles. The van der Waals surface area contributed by atoms with Crippen molar-refractivity contribution < 1.29 is 14.3 Å². The van der Waals surface area contributed by atoms with E-state index in [2.05, 4.69) is 21.2 Å². The third-order valence-electron chi connectivity index (χ3n) is 3.42. The molecular formula is C15H10BrClFNO2. The van der Waals surface area contributed by atoms with E-state index in [-0.39, 0.29) is 27.4 Å². The van der Waals surface area contributed by atoms with Gasteiger partial charge in [-0.1, -0.05) is 23.7 Å². The maximum atomic E-state index is 14.1. The highest BCUT2D eigenvalue weighted by Gasteiger charge is 2.24. The summed E-state index contributed by atoms with van der Waals surface area (Å²) in [5.74, 6) is -0.655. The van der Waals surface area contributed by atoms with Gasteiger partial charge in [0.1, 0.15) is 11.9 Å². The second-order valence-electron chi connectivity index (χ2n) is 4.80. The van der Waals surface area contributed by atoms with Gasteiger partial charge in [0, 0.05) is 21.8 Å². The fourth-order valence-corrected chi connectivity index (χ4v) is 3.02. The van der Waals surface area contributed by atoms with E-state index in [0.29, 0.717) is 11.3 Å². The maximum absolute atomic E-state index is 14.1. The van der Waals surface area contributed by atoms with Crippen molar-refractivity contribution in [1.82, 2.24) is 0 Å². The molecule has 1 atom stereocenters. The van der Waals surface area contributed by atoms with Gasteiger partial charge >= 0.3 is 0 Å². The van der Waals surface area contributed by atoms with Crippen molar-refractivity contribution in [2.45, 2.75) is 12.5 Å². The van der Waals surface area contributed by atoms with Crippen LogP contribution in [0.2, 0.25) is 5.02 Å². The molecule has 1 aliphatic heterocycles. The average molecular weight is 371 g/mol. The van der Waals surface area contributed by atoms with Crippen LogP contribution in [-0.2, 0) is 11.2 Å². The number of benzene rings is 2. The summed E-state index contributed by atoms with van der Waals surface area (Å²) >= 11 is 9.24. The molecular weight excluding hydrogens is 361 g/mol. The summed E-state index contributed by atoms with van der Waals surface area (Å²) < 4.78 is 14.4. The van der Waals surface area contributed by atoms with Crippen molar-refractivity contribution >= 4 is 39.1 Å². The average Bonchev–Trinajstić information content (AvgIpc) is 2.79. The third-order valence-corrected chi connectivity index (χ3v) is 4.36. The van der Waals surface area contributed by atoms with Gasteiger partial charge in [0.25, 0.3) is 0 Å². The van der Waals surface area contributed by atoms with Gasteiger partial charge in [-0.15, -0.1) is 0 Å². The Morgan fingerprint density at radius 3 is 2.86 bits per heavy atom. The van der Waals surface area contributed by atoms with Crippen LogP contribution in [0, 0.1) is 5.82 Å². The van der Waals surface area contributed by atoms with Crippen molar-refractivity contribution in [3.8, 4) is 0 Å². The van der Waals surface area contributed by atoms with Crippen LogP contribution in [0.15, 0.2) is 34.8 Å². The Balaban J connectivity index is 2.06. The number of fused-ring (bicyclic) bond motifs is 1. The molecule has 0 saturated heterocycles.